The van der Waals surface area contributed by atoms with Crippen molar-refractivity contribution in [1.29, 1.82) is 0 Å². The Morgan fingerprint density at radius 1 is 1.35 bits per heavy atom. The zero-order chi connectivity index (χ0) is 12.8. The lowest BCUT2D eigenvalue weighted by atomic mass is 9.97. The molecule has 0 saturated carbocycles. The second kappa shape index (κ2) is 6.55. The molecule has 0 N–H and O–H groups in total. The summed E-state index contributed by atoms with van der Waals surface area (Å²) in [7, 11) is 1.61. The van der Waals surface area contributed by atoms with Gasteiger partial charge in [0.2, 0.25) is 0 Å². The predicted octanol–water partition coefficient (Wildman–Crippen LogP) is 3.23. The largest absolute Gasteiger partial charge is 0.374 e. The third-order valence-electron chi connectivity index (χ3n) is 3.06. The van der Waals surface area contributed by atoms with E-state index < -0.39 is 0 Å². The molecule has 1 rings (SSSR count). The summed E-state index contributed by atoms with van der Waals surface area (Å²) < 4.78 is 5.25. The van der Waals surface area contributed by atoms with Crippen molar-refractivity contribution in [2.24, 2.45) is 0 Å². The smallest absolute Gasteiger partial charge is 0.165 e. The highest BCUT2D eigenvalue weighted by molar-refractivity contribution is 5.85. The maximum atomic E-state index is 12.1. The van der Waals surface area contributed by atoms with Gasteiger partial charge in [-0.25, -0.2) is 0 Å². The molecule has 0 fully saturated rings. The molecule has 0 aliphatic rings. The molecule has 0 bridgehead atoms. The maximum Gasteiger partial charge on any atom is 0.165 e. The molecule has 1 aromatic rings. The van der Waals surface area contributed by atoms with Gasteiger partial charge in [-0.3, -0.25) is 4.79 Å². The molecular formula is C15H22O2. The van der Waals surface area contributed by atoms with Crippen LogP contribution >= 0.6 is 0 Å². The van der Waals surface area contributed by atoms with Gasteiger partial charge in [0.15, 0.2) is 5.78 Å². The van der Waals surface area contributed by atoms with Crippen molar-refractivity contribution in [2.75, 3.05) is 7.11 Å². The summed E-state index contributed by atoms with van der Waals surface area (Å²) in [5, 5.41) is 0. The van der Waals surface area contributed by atoms with Crippen molar-refractivity contribution in [3.8, 4) is 0 Å². The molecule has 1 unspecified atom stereocenters. The van der Waals surface area contributed by atoms with Crippen LogP contribution < -0.4 is 0 Å². The van der Waals surface area contributed by atoms with Gasteiger partial charge >= 0.3 is 0 Å². The number of methoxy groups -OCH3 is 1. The van der Waals surface area contributed by atoms with Crippen molar-refractivity contribution in [3.63, 3.8) is 0 Å². The molecular weight excluding hydrogens is 212 g/mol. The highest BCUT2D eigenvalue weighted by Crippen LogP contribution is 2.14. The third-order valence-corrected chi connectivity index (χ3v) is 3.06. The van der Waals surface area contributed by atoms with Gasteiger partial charge in [0, 0.05) is 13.5 Å². The van der Waals surface area contributed by atoms with E-state index in [0.717, 1.165) is 18.4 Å². The minimum absolute atomic E-state index is 0.183. The number of carbonyl (C=O) groups is 1. The molecule has 0 radical (unpaired) electrons. The number of carbonyl (C=O) groups excluding carboxylic acids is 1. The second-order valence-corrected chi connectivity index (χ2v) is 4.59. The first-order valence-electron chi connectivity index (χ1n) is 6.20. The van der Waals surface area contributed by atoms with E-state index in [4.69, 9.17) is 4.74 Å². The standard InChI is InChI=1S/C15H22O2/c1-5-6-15(17-4)14(16)10-13-9-11(2)7-8-12(13)3/h7-9,15H,5-6,10H2,1-4H3. The maximum absolute atomic E-state index is 12.1. The zero-order valence-corrected chi connectivity index (χ0v) is 11.2. The Balaban J connectivity index is 2.76. The SMILES string of the molecule is CCCC(OC)C(=O)Cc1cc(C)ccc1C. The number of rotatable bonds is 6. The molecule has 0 spiro atoms. The normalized spacial score (nSPS) is 12.5. The molecule has 94 valence electrons. The molecule has 0 aliphatic carbocycles. The topological polar surface area (TPSA) is 26.3 Å². The lowest BCUT2D eigenvalue weighted by Gasteiger charge is -2.14. The quantitative estimate of drug-likeness (QED) is 0.755. The summed E-state index contributed by atoms with van der Waals surface area (Å²) in [6.45, 7) is 6.16. The van der Waals surface area contributed by atoms with E-state index >= 15 is 0 Å². The average molecular weight is 234 g/mol. The Hall–Kier alpha value is -1.15. The lowest BCUT2D eigenvalue weighted by molar-refractivity contribution is -0.128. The van der Waals surface area contributed by atoms with Gasteiger partial charge in [-0.2, -0.15) is 0 Å². The minimum Gasteiger partial charge on any atom is -0.374 e. The number of ether oxygens (including phenoxy) is 1. The number of benzene rings is 1. The monoisotopic (exact) mass is 234 g/mol. The molecule has 0 aromatic heterocycles. The molecule has 1 atom stereocenters. The fraction of sp³-hybridized carbons (Fsp3) is 0.533. The summed E-state index contributed by atoms with van der Waals surface area (Å²) in [5.41, 5.74) is 3.49. The van der Waals surface area contributed by atoms with Crippen LogP contribution in [0.25, 0.3) is 0 Å². The molecule has 0 amide bonds. The Bertz CT molecular complexity index is 383. The first-order valence-corrected chi connectivity index (χ1v) is 6.20. The first-order chi connectivity index (χ1) is 8.08. The van der Waals surface area contributed by atoms with E-state index in [1.165, 1.54) is 11.1 Å². The summed E-state index contributed by atoms with van der Waals surface area (Å²) in [6, 6.07) is 6.23. The zero-order valence-electron chi connectivity index (χ0n) is 11.2. The summed E-state index contributed by atoms with van der Waals surface area (Å²) in [6.07, 6.45) is 2.00. The number of aryl methyl sites for hydroxylation is 2. The van der Waals surface area contributed by atoms with E-state index in [0.29, 0.717) is 6.42 Å². The van der Waals surface area contributed by atoms with Crippen molar-refractivity contribution in [1.82, 2.24) is 0 Å². The minimum atomic E-state index is -0.250. The van der Waals surface area contributed by atoms with Gasteiger partial charge in [0.1, 0.15) is 6.10 Å². The lowest BCUT2D eigenvalue weighted by Crippen LogP contribution is -2.24. The van der Waals surface area contributed by atoms with Gasteiger partial charge in [0.05, 0.1) is 0 Å². The van der Waals surface area contributed by atoms with Crippen LogP contribution in [0, 0.1) is 13.8 Å². The number of hydrogen-bond acceptors (Lipinski definition) is 2. The van der Waals surface area contributed by atoms with Crippen molar-refractivity contribution in [3.05, 3.63) is 34.9 Å². The van der Waals surface area contributed by atoms with E-state index in [1.807, 2.05) is 13.8 Å². The van der Waals surface area contributed by atoms with Crippen molar-refractivity contribution in [2.45, 2.75) is 46.1 Å². The Kier molecular flexibility index (Phi) is 5.36. The van der Waals surface area contributed by atoms with Gasteiger partial charge in [-0.1, -0.05) is 37.1 Å². The third kappa shape index (κ3) is 3.97. The van der Waals surface area contributed by atoms with Crippen LogP contribution in [0.4, 0.5) is 0 Å². The molecule has 0 aliphatic heterocycles. The number of hydrogen-bond donors (Lipinski definition) is 0. The van der Waals surface area contributed by atoms with Gasteiger partial charge in [-0.15, -0.1) is 0 Å². The van der Waals surface area contributed by atoms with Gasteiger partial charge in [-0.05, 0) is 31.4 Å². The van der Waals surface area contributed by atoms with Crippen LogP contribution in [-0.2, 0) is 16.0 Å². The summed E-state index contributed by atoms with van der Waals surface area (Å²) in [5.74, 6) is 0.183. The average Bonchev–Trinajstić information content (AvgIpc) is 2.30. The van der Waals surface area contributed by atoms with Crippen LogP contribution in [0.5, 0.6) is 0 Å². The summed E-state index contributed by atoms with van der Waals surface area (Å²) in [4.78, 5) is 12.1. The van der Waals surface area contributed by atoms with Crippen LogP contribution in [-0.4, -0.2) is 19.0 Å². The molecule has 0 heterocycles. The Morgan fingerprint density at radius 2 is 2.06 bits per heavy atom. The second-order valence-electron chi connectivity index (χ2n) is 4.59. The van der Waals surface area contributed by atoms with Crippen molar-refractivity contribution >= 4 is 5.78 Å². The van der Waals surface area contributed by atoms with E-state index in [9.17, 15) is 4.79 Å². The van der Waals surface area contributed by atoms with Gasteiger partial charge in [0.25, 0.3) is 0 Å². The van der Waals surface area contributed by atoms with Gasteiger partial charge < -0.3 is 4.74 Å². The molecule has 2 nitrogen and oxygen atoms in total. The van der Waals surface area contributed by atoms with Crippen LogP contribution in [0.3, 0.4) is 0 Å². The molecule has 1 aromatic carbocycles. The molecule has 2 heteroatoms. The highest BCUT2D eigenvalue weighted by atomic mass is 16.5. The Labute approximate surface area is 104 Å². The molecule has 17 heavy (non-hydrogen) atoms. The molecule has 0 saturated heterocycles. The van der Waals surface area contributed by atoms with Crippen LogP contribution in [0.15, 0.2) is 18.2 Å². The number of Topliss-reactive ketones (excluding diaryl/α,β-unsaturated/α-hetero) is 1. The van der Waals surface area contributed by atoms with E-state index in [1.54, 1.807) is 7.11 Å². The van der Waals surface area contributed by atoms with Crippen LogP contribution in [0.2, 0.25) is 0 Å². The predicted molar refractivity (Wildman–Crippen MR) is 70.3 cm³/mol. The van der Waals surface area contributed by atoms with E-state index in [2.05, 4.69) is 25.1 Å². The highest BCUT2D eigenvalue weighted by Gasteiger charge is 2.17. The van der Waals surface area contributed by atoms with Crippen LogP contribution in [0.1, 0.15) is 36.5 Å². The fourth-order valence-electron chi connectivity index (χ4n) is 1.96. The fourth-order valence-corrected chi connectivity index (χ4v) is 1.96. The van der Waals surface area contributed by atoms with E-state index in [-0.39, 0.29) is 11.9 Å². The number of ketones is 1. The Morgan fingerprint density at radius 3 is 2.65 bits per heavy atom. The van der Waals surface area contributed by atoms with Crippen molar-refractivity contribution < 1.29 is 9.53 Å². The first kappa shape index (κ1) is 13.9. The summed E-state index contributed by atoms with van der Waals surface area (Å²) >= 11 is 0.